The molecule has 0 radical (unpaired) electrons. The van der Waals surface area contributed by atoms with E-state index in [1.807, 2.05) is 54.6 Å². The Morgan fingerprint density at radius 2 is 1.67 bits per heavy atom. The van der Waals surface area contributed by atoms with E-state index >= 15 is 0 Å². The number of aliphatic hydroxyl groups is 1. The topological polar surface area (TPSA) is 84.4 Å². The Morgan fingerprint density at radius 3 is 2.26 bits per heavy atom. The van der Waals surface area contributed by atoms with E-state index in [1.165, 1.54) is 0 Å². The van der Waals surface area contributed by atoms with Crippen LogP contribution in [-0.4, -0.2) is 92.3 Å². The van der Waals surface area contributed by atoms with E-state index in [0.717, 1.165) is 24.3 Å². The molecule has 2 bridgehead atoms. The average molecular weight is 710 g/mol. The van der Waals surface area contributed by atoms with E-state index in [2.05, 4.69) is 47.8 Å². The summed E-state index contributed by atoms with van der Waals surface area (Å²) in [6, 6.07) is 16.2. The molecule has 5 rings (SSSR count). The van der Waals surface area contributed by atoms with Crippen molar-refractivity contribution < 1.29 is 19.5 Å². The Kier molecular flexibility index (Phi) is 10.7. The Hall–Kier alpha value is -3.08. The molecule has 3 fully saturated rings. The molecule has 8 nitrogen and oxygen atoms in total. The third kappa shape index (κ3) is 5.92. The van der Waals surface area contributed by atoms with Gasteiger partial charge < -0.3 is 24.7 Å². The third-order valence-electron chi connectivity index (χ3n) is 9.73. The number of carbonyl (C=O) groups is 3. The van der Waals surface area contributed by atoms with E-state index < -0.39 is 28.7 Å². The Bertz CT molecular complexity index is 1440. The fourth-order valence-corrected chi connectivity index (χ4v) is 11.2. The van der Waals surface area contributed by atoms with Crippen molar-refractivity contribution in [2.75, 3.05) is 42.6 Å². The lowest BCUT2D eigenvalue weighted by Crippen LogP contribution is -2.57. The van der Waals surface area contributed by atoms with Crippen molar-refractivity contribution in [2.45, 2.75) is 60.6 Å². The van der Waals surface area contributed by atoms with Gasteiger partial charge in [-0.2, -0.15) is 0 Å². The Balaban J connectivity index is 1.54. The SMILES string of the molecule is C=CCN(Cc1ccccc1)C(=O)[C@H]1[C@H]2C(=O)N([C@H](C)CO)C(C(=O)N(CC=C)c3ccc(N(CC)CC)cc3)C23CC(Br)[C@@H]1S3. The molecule has 46 heavy (non-hydrogen) atoms. The number of likely N-dealkylation sites (tertiary alicyclic amines) is 1. The molecule has 3 unspecified atom stereocenters. The second-order valence-corrected chi connectivity index (χ2v) is 15.1. The highest BCUT2D eigenvalue weighted by atomic mass is 79.9. The van der Waals surface area contributed by atoms with E-state index in [-0.39, 0.29) is 41.0 Å². The van der Waals surface area contributed by atoms with Crippen LogP contribution < -0.4 is 9.80 Å². The van der Waals surface area contributed by atoms with Gasteiger partial charge in [0.25, 0.3) is 5.91 Å². The van der Waals surface area contributed by atoms with Crippen LogP contribution in [0.25, 0.3) is 0 Å². The molecule has 0 aromatic heterocycles. The van der Waals surface area contributed by atoms with Crippen molar-refractivity contribution in [1.82, 2.24) is 9.80 Å². The number of aliphatic hydroxyl groups excluding tert-OH is 1. The van der Waals surface area contributed by atoms with Gasteiger partial charge in [0.2, 0.25) is 11.8 Å². The number of anilines is 2. The zero-order valence-electron chi connectivity index (χ0n) is 26.9. The zero-order valence-corrected chi connectivity index (χ0v) is 29.3. The summed E-state index contributed by atoms with van der Waals surface area (Å²) >= 11 is 5.48. The van der Waals surface area contributed by atoms with Gasteiger partial charge in [-0.1, -0.05) is 58.4 Å². The lowest BCUT2D eigenvalue weighted by molar-refractivity contribution is -0.145. The van der Waals surface area contributed by atoms with Gasteiger partial charge in [0.15, 0.2) is 0 Å². The number of benzene rings is 2. The molecule has 0 saturated carbocycles. The summed E-state index contributed by atoms with van der Waals surface area (Å²) in [4.78, 5) is 51.1. The minimum Gasteiger partial charge on any atom is -0.394 e. The highest BCUT2D eigenvalue weighted by molar-refractivity contribution is 9.09. The van der Waals surface area contributed by atoms with E-state index in [9.17, 15) is 19.5 Å². The van der Waals surface area contributed by atoms with Gasteiger partial charge in [0.05, 0.1) is 29.2 Å². The predicted octanol–water partition coefficient (Wildman–Crippen LogP) is 5.11. The molecule has 2 aromatic carbocycles. The molecule has 10 heteroatoms. The number of carbonyl (C=O) groups excluding carboxylic acids is 3. The van der Waals surface area contributed by atoms with Crippen LogP contribution in [0, 0.1) is 11.8 Å². The van der Waals surface area contributed by atoms with Crippen LogP contribution in [0.5, 0.6) is 0 Å². The number of alkyl halides is 1. The molecule has 1 spiro atoms. The highest BCUT2D eigenvalue weighted by Crippen LogP contribution is 2.68. The van der Waals surface area contributed by atoms with Gasteiger partial charge in [-0.15, -0.1) is 24.9 Å². The summed E-state index contributed by atoms with van der Waals surface area (Å²) in [5.74, 6) is -1.87. The molecule has 7 atom stereocenters. The molecule has 3 heterocycles. The second-order valence-electron chi connectivity index (χ2n) is 12.4. The first-order chi connectivity index (χ1) is 22.2. The van der Waals surface area contributed by atoms with Crippen molar-refractivity contribution in [3.05, 3.63) is 85.5 Å². The quantitative estimate of drug-likeness (QED) is 0.217. The number of amides is 3. The van der Waals surface area contributed by atoms with E-state index in [1.54, 1.807) is 45.5 Å². The van der Waals surface area contributed by atoms with Gasteiger partial charge in [0, 0.05) is 54.2 Å². The Labute approximate surface area is 285 Å². The van der Waals surface area contributed by atoms with Gasteiger partial charge in [-0.3, -0.25) is 14.4 Å². The van der Waals surface area contributed by atoms with Crippen LogP contribution in [0.2, 0.25) is 0 Å². The maximum atomic E-state index is 14.9. The summed E-state index contributed by atoms with van der Waals surface area (Å²) in [5.41, 5.74) is 2.77. The molecule has 2 aromatic rings. The fourth-order valence-electron chi connectivity index (χ4n) is 7.63. The first-order valence-corrected chi connectivity index (χ1v) is 17.9. The first-order valence-electron chi connectivity index (χ1n) is 16.1. The number of rotatable bonds is 14. The minimum atomic E-state index is -0.857. The normalized spacial score (nSPS) is 26.8. The van der Waals surface area contributed by atoms with Crippen LogP contribution in [0.4, 0.5) is 11.4 Å². The maximum absolute atomic E-state index is 14.9. The minimum absolute atomic E-state index is 0.0568. The molecule has 1 N–H and O–H groups in total. The molecular formula is C36H45BrN4O4S. The third-order valence-corrected chi connectivity index (χ3v) is 13.0. The van der Waals surface area contributed by atoms with Gasteiger partial charge in [-0.05, 0) is 57.0 Å². The van der Waals surface area contributed by atoms with Crippen molar-refractivity contribution in [2.24, 2.45) is 11.8 Å². The summed E-state index contributed by atoms with van der Waals surface area (Å²) in [7, 11) is 0. The van der Waals surface area contributed by atoms with Crippen molar-refractivity contribution in [3.8, 4) is 0 Å². The lowest BCUT2D eigenvalue weighted by Gasteiger charge is -2.39. The first kappa shape index (κ1) is 34.3. The van der Waals surface area contributed by atoms with Crippen molar-refractivity contribution >= 4 is 56.8 Å². The molecule has 246 valence electrons. The van der Waals surface area contributed by atoms with Crippen LogP contribution in [0.15, 0.2) is 79.9 Å². The number of hydrogen-bond donors (Lipinski definition) is 1. The number of fused-ring (bicyclic) bond motifs is 1. The van der Waals surface area contributed by atoms with Crippen molar-refractivity contribution in [1.29, 1.82) is 0 Å². The molecule has 3 saturated heterocycles. The van der Waals surface area contributed by atoms with Crippen LogP contribution in [0.1, 0.15) is 32.8 Å². The Morgan fingerprint density at radius 1 is 1.04 bits per heavy atom. The van der Waals surface area contributed by atoms with Gasteiger partial charge in [-0.25, -0.2) is 0 Å². The molecular weight excluding hydrogens is 664 g/mol. The van der Waals surface area contributed by atoms with Crippen LogP contribution in [0.3, 0.4) is 0 Å². The van der Waals surface area contributed by atoms with Gasteiger partial charge in [0.1, 0.15) is 6.04 Å². The van der Waals surface area contributed by atoms with E-state index in [0.29, 0.717) is 25.2 Å². The van der Waals surface area contributed by atoms with Crippen LogP contribution >= 0.6 is 27.7 Å². The zero-order chi connectivity index (χ0) is 33.2. The number of hydrogen-bond acceptors (Lipinski definition) is 6. The van der Waals surface area contributed by atoms with Crippen molar-refractivity contribution in [3.63, 3.8) is 0 Å². The molecule has 0 aliphatic carbocycles. The summed E-state index contributed by atoms with van der Waals surface area (Å²) in [5, 5.41) is 10.2. The largest absolute Gasteiger partial charge is 0.394 e. The number of halogens is 1. The highest BCUT2D eigenvalue weighted by Gasteiger charge is 2.76. The smallest absolute Gasteiger partial charge is 0.251 e. The monoisotopic (exact) mass is 708 g/mol. The average Bonchev–Trinajstić information content (AvgIpc) is 3.67. The second kappa shape index (κ2) is 14.4. The summed E-state index contributed by atoms with van der Waals surface area (Å²) in [6.45, 7) is 16.3. The molecule has 3 aliphatic heterocycles. The van der Waals surface area contributed by atoms with Gasteiger partial charge >= 0.3 is 0 Å². The number of thioether (sulfide) groups is 1. The van der Waals surface area contributed by atoms with E-state index in [4.69, 9.17) is 0 Å². The number of nitrogens with zero attached hydrogens (tertiary/aromatic N) is 4. The molecule has 3 aliphatic rings. The maximum Gasteiger partial charge on any atom is 0.251 e. The predicted molar refractivity (Wildman–Crippen MR) is 190 cm³/mol. The fraction of sp³-hybridized carbons (Fsp3) is 0.472. The summed E-state index contributed by atoms with van der Waals surface area (Å²) in [6.07, 6.45) is 3.97. The standard InChI is InChI=1S/C36H45BrN4O4S/c1-6-19-39(22-25-13-11-10-12-14-25)33(43)29-30-34(44)41(24(5)23-42)32(36(30)21-28(37)31(29)46-36)35(45)40(20-7-2)27-17-15-26(16-18-27)38(8-3)9-4/h6-7,10-18,24,28-32,42H,1-2,8-9,19-23H2,3-5H3/t24-,28?,29+,30+,31+,32?,36?/m1/s1. The molecule has 3 amide bonds. The van der Waals surface area contributed by atoms with Crippen LogP contribution in [-0.2, 0) is 20.9 Å². The lowest BCUT2D eigenvalue weighted by atomic mass is 9.70. The summed E-state index contributed by atoms with van der Waals surface area (Å²) < 4.78 is -0.829.